The lowest BCUT2D eigenvalue weighted by Gasteiger charge is -2.34. The van der Waals surface area contributed by atoms with Crippen LogP contribution in [0, 0.1) is 12.7 Å². The van der Waals surface area contributed by atoms with E-state index in [9.17, 15) is 14.0 Å². The summed E-state index contributed by atoms with van der Waals surface area (Å²) >= 11 is 0. The zero-order valence-corrected chi connectivity index (χ0v) is 14.5. The summed E-state index contributed by atoms with van der Waals surface area (Å²) in [5.41, 5.74) is 3.88. The summed E-state index contributed by atoms with van der Waals surface area (Å²) in [7, 11) is 0. The number of benzene rings is 2. The van der Waals surface area contributed by atoms with Crippen LogP contribution in [0.5, 0.6) is 0 Å². The smallest absolute Gasteiger partial charge is 0.251 e. The van der Waals surface area contributed by atoms with Crippen molar-refractivity contribution in [3.05, 3.63) is 58.9 Å². The fraction of sp³-hybridized carbons (Fsp3) is 0.300. The summed E-state index contributed by atoms with van der Waals surface area (Å²) in [6, 6.07) is 9.72. The Morgan fingerprint density at radius 1 is 1.19 bits per heavy atom. The zero-order valence-electron chi connectivity index (χ0n) is 14.5. The summed E-state index contributed by atoms with van der Waals surface area (Å²) in [5.74, 6) is -0.417. The standard InChI is InChI=1S/C20H20FN3O2/c1-12-9-14(21)5-7-18(12)24-8-2-3-17(20(24)26)23-15-6-4-13-11-22-19(25)16(13)10-15/h4-7,9-10,17,23H,2-3,8,11H2,1H3,(H,22,25). The molecule has 26 heavy (non-hydrogen) atoms. The van der Waals surface area contributed by atoms with Gasteiger partial charge in [0.15, 0.2) is 0 Å². The van der Waals surface area contributed by atoms with Crippen molar-refractivity contribution in [2.75, 3.05) is 16.8 Å². The van der Waals surface area contributed by atoms with E-state index in [-0.39, 0.29) is 23.7 Å². The molecule has 2 aliphatic rings. The van der Waals surface area contributed by atoms with Crippen LogP contribution >= 0.6 is 0 Å². The molecule has 2 aromatic rings. The first-order valence-electron chi connectivity index (χ1n) is 8.78. The van der Waals surface area contributed by atoms with Gasteiger partial charge in [0.05, 0.1) is 0 Å². The number of carbonyl (C=O) groups is 2. The lowest BCUT2D eigenvalue weighted by atomic mass is 10.0. The van der Waals surface area contributed by atoms with E-state index in [2.05, 4.69) is 10.6 Å². The number of amides is 2. The molecule has 1 saturated heterocycles. The highest BCUT2D eigenvalue weighted by atomic mass is 19.1. The number of hydrogen-bond donors (Lipinski definition) is 2. The average molecular weight is 353 g/mol. The number of nitrogens with one attached hydrogen (secondary N) is 2. The highest BCUT2D eigenvalue weighted by Crippen LogP contribution is 2.27. The van der Waals surface area contributed by atoms with Crippen LogP contribution < -0.4 is 15.5 Å². The maximum absolute atomic E-state index is 13.4. The van der Waals surface area contributed by atoms with Crippen molar-refractivity contribution in [1.82, 2.24) is 5.32 Å². The number of fused-ring (bicyclic) bond motifs is 1. The van der Waals surface area contributed by atoms with Crippen molar-refractivity contribution < 1.29 is 14.0 Å². The predicted molar refractivity (Wildman–Crippen MR) is 97.7 cm³/mol. The van der Waals surface area contributed by atoms with Crippen molar-refractivity contribution >= 4 is 23.2 Å². The van der Waals surface area contributed by atoms with Crippen LogP contribution in [-0.4, -0.2) is 24.4 Å². The minimum Gasteiger partial charge on any atom is -0.374 e. The third kappa shape index (κ3) is 2.92. The maximum atomic E-state index is 13.4. The Morgan fingerprint density at radius 2 is 2.04 bits per heavy atom. The van der Waals surface area contributed by atoms with Gasteiger partial charge in [-0.25, -0.2) is 4.39 Å². The molecule has 6 heteroatoms. The first kappa shape index (κ1) is 16.6. The summed E-state index contributed by atoms with van der Waals surface area (Å²) in [4.78, 5) is 26.5. The van der Waals surface area contributed by atoms with E-state index in [4.69, 9.17) is 0 Å². The molecular weight excluding hydrogens is 333 g/mol. The number of rotatable bonds is 3. The van der Waals surface area contributed by atoms with Gasteiger partial charge >= 0.3 is 0 Å². The Bertz CT molecular complexity index is 897. The first-order valence-corrected chi connectivity index (χ1v) is 8.78. The first-order chi connectivity index (χ1) is 12.5. The SMILES string of the molecule is Cc1cc(F)ccc1N1CCCC(Nc2ccc3c(c2)C(=O)NC3)C1=O. The topological polar surface area (TPSA) is 61.4 Å². The number of aryl methyl sites for hydroxylation is 1. The van der Waals surface area contributed by atoms with Gasteiger partial charge in [-0.2, -0.15) is 0 Å². The Labute approximate surface area is 151 Å². The summed E-state index contributed by atoms with van der Waals surface area (Å²) in [5, 5.41) is 6.06. The Kier molecular flexibility index (Phi) is 4.11. The van der Waals surface area contributed by atoms with Crippen molar-refractivity contribution in [3.63, 3.8) is 0 Å². The van der Waals surface area contributed by atoms with Crippen LogP contribution in [0.2, 0.25) is 0 Å². The van der Waals surface area contributed by atoms with Gasteiger partial charge in [0.2, 0.25) is 5.91 Å². The van der Waals surface area contributed by atoms with E-state index in [1.807, 2.05) is 19.1 Å². The number of piperidine rings is 1. The molecule has 1 atom stereocenters. The van der Waals surface area contributed by atoms with Gasteiger partial charge in [-0.1, -0.05) is 6.07 Å². The lowest BCUT2D eigenvalue weighted by Crippen LogP contribution is -2.48. The number of anilines is 2. The van der Waals surface area contributed by atoms with Gasteiger partial charge < -0.3 is 15.5 Å². The molecule has 2 N–H and O–H groups in total. The summed E-state index contributed by atoms with van der Waals surface area (Å²) < 4.78 is 13.4. The number of carbonyl (C=O) groups excluding carboxylic acids is 2. The van der Waals surface area contributed by atoms with E-state index in [1.165, 1.54) is 12.1 Å². The molecule has 134 valence electrons. The molecule has 2 heterocycles. The Balaban J connectivity index is 1.55. The molecule has 0 saturated carbocycles. The Morgan fingerprint density at radius 3 is 2.85 bits per heavy atom. The fourth-order valence-corrected chi connectivity index (χ4v) is 3.67. The molecule has 2 aliphatic heterocycles. The largest absolute Gasteiger partial charge is 0.374 e. The molecule has 0 aliphatic carbocycles. The maximum Gasteiger partial charge on any atom is 0.251 e. The second-order valence-corrected chi connectivity index (χ2v) is 6.81. The second-order valence-electron chi connectivity index (χ2n) is 6.81. The van der Waals surface area contributed by atoms with Crippen LogP contribution in [0.15, 0.2) is 36.4 Å². The van der Waals surface area contributed by atoms with E-state index in [0.717, 1.165) is 35.3 Å². The molecule has 0 spiro atoms. The average Bonchev–Trinajstić information content (AvgIpc) is 2.98. The minimum absolute atomic E-state index is 0.0316. The van der Waals surface area contributed by atoms with Crippen LogP contribution in [0.25, 0.3) is 0 Å². The van der Waals surface area contributed by atoms with Gasteiger partial charge in [-0.05, 0) is 61.2 Å². The van der Waals surface area contributed by atoms with Crippen LogP contribution in [0.3, 0.4) is 0 Å². The van der Waals surface area contributed by atoms with Gasteiger partial charge in [0.25, 0.3) is 5.91 Å². The van der Waals surface area contributed by atoms with Gasteiger partial charge in [0, 0.05) is 30.0 Å². The third-order valence-corrected chi connectivity index (χ3v) is 5.02. The molecule has 0 radical (unpaired) electrons. The van der Waals surface area contributed by atoms with Crippen LogP contribution in [-0.2, 0) is 11.3 Å². The quantitative estimate of drug-likeness (QED) is 0.892. The lowest BCUT2D eigenvalue weighted by molar-refractivity contribution is -0.120. The van der Waals surface area contributed by atoms with E-state index in [0.29, 0.717) is 18.7 Å². The number of hydrogen-bond acceptors (Lipinski definition) is 3. The van der Waals surface area contributed by atoms with E-state index >= 15 is 0 Å². The molecule has 1 fully saturated rings. The second kappa shape index (κ2) is 6.44. The zero-order chi connectivity index (χ0) is 18.3. The number of halogens is 1. The van der Waals surface area contributed by atoms with E-state index < -0.39 is 0 Å². The molecule has 2 amide bonds. The molecule has 0 aromatic heterocycles. The van der Waals surface area contributed by atoms with Gasteiger partial charge in [0.1, 0.15) is 11.9 Å². The molecule has 1 unspecified atom stereocenters. The molecule has 4 rings (SSSR count). The Hall–Kier alpha value is -2.89. The van der Waals surface area contributed by atoms with Gasteiger partial charge in [-0.3, -0.25) is 9.59 Å². The summed E-state index contributed by atoms with van der Waals surface area (Å²) in [6.07, 6.45) is 1.57. The predicted octanol–water partition coefficient (Wildman–Crippen LogP) is 2.99. The van der Waals surface area contributed by atoms with Crippen LogP contribution in [0.4, 0.5) is 15.8 Å². The third-order valence-electron chi connectivity index (χ3n) is 5.02. The van der Waals surface area contributed by atoms with Gasteiger partial charge in [-0.15, -0.1) is 0 Å². The highest BCUT2D eigenvalue weighted by molar-refractivity contribution is 6.01. The fourth-order valence-electron chi connectivity index (χ4n) is 3.67. The molecule has 2 aromatic carbocycles. The normalized spacial score (nSPS) is 19.3. The molecule has 0 bridgehead atoms. The van der Waals surface area contributed by atoms with Crippen molar-refractivity contribution in [2.45, 2.75) is 32.4 Å². The molecular formula is C20H20FN3O2. The summed E-state index contributed by atoms with van der Waals surface area (Å²) in [6.45, 7) is 2.98. The van der Waals surface area contributed by atoms with Crippen molar-refractivity contribution in [1.29, 1.82) is 0 Å². The van der Waals surface area contributed by atoms with Crippen molar-refractivity contribution in [3.8, 4) is 0 Å². The van der Waals surface area contributed by atoms with Crippen LogP contribution in [0.1, 0.15) is 34.3 Å². The minimum atomic E-state index is -0.365. The molecule has 5 nitrogen and oxygen atoms in total. The van der Waals surface area contributed by atoms with Crippen molar-refractivity contribution in [2.24, 2.45) is 0 Å². The van der Waals surface area contributed by atoms with E-state index in [1.54, 1.807) is 17.0 Å². The highest BCUT2D eigenvalue weighted by Gasteiger charge is 2.30. The monoisotopic (exact) mass is 353 g/mol. The number of nitrogens with zero attached hydrogens (tertiary/aromatic N) is 1.